The summed E-state index contributed by atoms with van der Waals surface area (Å²) >= 11 is 0. The molecule has 1 aromatic heterocycles. The Labute approximate surface area is 141 Å². The maximum Gasteiger partial charge on any atom is 0.246 e. The molecule has 0 fully saturated rings. The summed E-state index contributed by atoms with van der Waals surface area (Å²) in [4.78, 5) is 4.38. The topological polar surface area (TPSA) is 78.6 Å². The van der Waals surface area contributed by atoms with E-state index in [2.05, 4.69) is 29.3 Å². The lowest BCUT2D eigenvalue weighted by atomic mass is 10.2. The Balaban J connectivity index is 1.60. The lowest BCUT2D eigenvalue weighted by molar-refractivity contribution is 0.0402. The van der Waals surface area contributed by atoms with Gasteiger partial charge in [-0.3, -0.25) is 0 Å². The van der Waals surface area contributed by atoms with Gasteiger partial charge in [0.2, 0.25) is 5.89 Å². The van der Waals surface area contributed by atoms with Crippen LogP contribution in [0.2, 0.25) is 0 Å². The number of nitrogens with one attached hydrogen (secondary N) is 1. The lowest BCUT2D eigenvalue weighted by Crippen LogP contribution is -2.16. The zero-order valence-electron chi connectivity index (χ0n) is 14.2. The van der Waals surface area contributed by atoms with Gasteiger partial charge >= 0.3 is 0 Å². The summed E-state index contributed by atoms with van der Waals surface area (Å²) in [6.07, 6.45) is -0.189. The van der Waals surface area contributed by atoms with Crippen LogP contribution in [0.1, 0.15) is 38.6 Å². The minimum atomic E-state index is -0.189. The molecule has 24 heavy (non-hydrogen) atoms. The Morgan fingerprint density at radius 1 is 1.21 bits per heavy atom. The second-order valence-electron chi connectivity index (χ2n) is 6.10. The Bertz CT molecular complexity index is 672. The zero-order valence-corrected chi connectivity index (χ0v) is 14.2. The van der Waals surface area contributed by atoms with Crippen molar-refractivity contribution in [2.45, 2.75) is 33.4 Å². The summed E-state index contributed by atoms with van der Waals surface area (Å²) in [6, 6.07) is 5.73. The molecule has 7 heteroatoms. The monoisotopic (exact) mass is 333 g/mol. The van der Waals surface area contributed by atoms with Crippen LogP contribution in [-0.4, -0.2) is 30.0 Å². The van der Waals surface area contributed by atoms with Crippen LogP contribution in [0, 0.1) is 5.92 Å². The first kappa shape index (κ1) is 16.6. The van der Waals surface area contributed by atoms with Crippen LogP contribution >= 0.6 is 0 Å². The maximum atomic E-state index is 5.70. The molecule has 0 aliphatic carbocycles. The number of hydrogen-bond donors (Lipinski definition) is 1. The fourth-order valence-corrected chi connectivity index (χ4v) is 2.30. The summed E-state index contributed by atoms with van der Waals surface area (Å²) in [7, 11) is 0. The normalized spacial score (nSPS) is 14.7. The molecule has 1 unspecified atom stereocenters. The fourth-order valence-electron chi connectivity index (χ4n) is 2.30. The summed E-state index contributed by atoms with van der Waals surface area (Å²) in [6.45, 7) is 8.30. The van der Waals surface area contributed by atoms with E-state index in [9.17, 15) is 0 Å². The highest BCUT2D eigenvalue weighted by Gasteiger charge is 2.17. The van der Waals surface area contributed by atoms with E-state index in [1.54, 1.807) is 0 Å². The van der Waals surface area contributed by atoms with Crippen LogP contribution < -0.4 is 14.8 Å². The van der Waals surface area contributed by atoms with Gasteiger partial charge in [-0.15, -0.1) is 0 Å². The molecule has 7 nitrogen and oxygen atoms in total. The molecular formula is C17H23N3O4. The van der Waals surface area contributed by atoms with E-state index in [1.165, 1.54) is 0 Å². The van der Waals surface area contributed by atoms with Crippen molar-refractivity contribution in [3.05, 3.63) is 29.9 Å². The first-order valence-corrected chi connectivity index (χ1v) is 8.20. The molecule has 130 valence electrons. The number of fused-ring (bicyclic) bond motifs is 1. The summed E-state index contributed by atoms with van der Waals surface area (Å²) in [5.41, 5.74) is 0.844. The van der Waals surface area contributed by atoms with Crippen LogP contribution in [0.3, 0.4) is 0 Å². The van der Waals surface area contributed by atoms with Crippen LogP contribution in [0.15, 0.2) is 22.7 Å². The SMILES string of the molecule is CC(C)COC(C)c1noc(CNc2cccc3c2OCCO3)n1. The number of benzene rings is 1. The molecular weight excluding hydrogens is 310 g/mol. The minimum Gasteiger partial charge on any atom is -0.486 e. The van der Waals surface area contributed by atoms with Crippen molar-refractivity contribution in [1.82, 2.24) is 10.1 Å². The van der Waals surface area contributed by atoms with Gasteiger partial charge < -0.3 is 24.1 Å². The molecule has 1 aliphatic heterocycles. The van der Waals surface area contributed by atoms with E-state index in [4.69, 9.17) is 18.7 Å². The van der Waals surface area contributed by atoms with Crippen LogP contribution in [0.25, 0.3) is 0 Å². The average molecular weight is 333 g/mol. The van der Waals surface area contributed by atoms with E-state index >= 15 is 0 Å². The van der Waals surface area contributed by atoms with Crippen molar-refractivity contribution >= 4 is 5.69 Å². The van der Waals surface area contributed by atoms with Crippen LogP contribution in [0.5, 0.6) is 11.5 Å². The number of para-hydroxylation sites is 1. The van der Waals surface area contributed by atoms with E-state index < -0.39 is 0 Å². The third-order valence-corrected chi connectivity index (χ3v) is 3.52. The van der Waals surface area contributed by atoms with Gasteiger partial charge in [0.15, 0.2) is 17.3 Å². The number of ether oxygens (including phenoxy) is 3. The maximum absolute atomic E-state index is 5.70. The Morgan fingerprint density at radius 3 is 2.88 bits per heavy atom. The molecule has 1 atom stereocenters. The largest absolute Gasteiger partial charge is 0.486 e. The van der Waals surface area contributed by atoms with Crippen molar-refractivity contribution in [2.75, 3.05) is 25.1 Å². The number of aromatic nitrogens is 2. The average Bonchev–Trinajstić information content (AvgIpc) is 3.07. The number of anilines is 1. The highest BCUT2D eigenvalue weighted by molar-refractivity contribution is 5.63. The van der Waals surface area contributed by atoms with Gasteiger partial charge in [0.05, 0.1) is 12.2 Å². The standard InChI is InChI=1S/C17H23N3O4/c1-11(2)10-23-12(3)17-19-15(24-20-17)9-18-13-5-4-6-14-16(13)22-8-7-21-14/h4-6,11-12,18H,7-10H2,1-3H3. The Morgan fingerprint density at radius 2 is 2.04 bits per heavy atom. The number of nitrogens with zero attached hydrogens (tertiary/aromatic N) is 2. The van der Waals surface area contributed by atoms with Gasteiger partial charge in [0, 0.05) is 6.61 Å². The van der Waals surface area contributed by atoms with Crippen molar-refractivity contribution < 1.29 is 18.7 Å². The molecule has 0 amide bonds. The zero-order chi connectivity index (χ0) is 16.9. The molecule has 0 bridgehead atoms. The second-order valence-corrected chi connectivity index (χ2v) is 6.10. The second kappa shape index (κ2) is 7.53. The van der Waals surface area contributed by atoms with Crippen molar-refractivity contribution in [3.63, 3.8) is 0 Å². The van der Waals surface area contributed by atoms with Gasteiger partial charge in [-0.2, -0.15) is 4.98 Å². The summed E-state index contributed by atoms with van der Waals surface area (Å²) in [5.74, 6) is 2.98. The molecule has 2 heterocycles. The van der Waals surface area contributed by atoms with Gasteiger partial charge in [-0.25, -0.2) is 0 Å². The quantitative estimate of drug-likeness (QED) is 0.833. The van der Waals surface area contributed by atoms with Crippen LogP contribution in [-0.2, 0) is 11.3 Å². The van der Waals surface area contributed by atoms with Gasteiger partial charge in [-0.1, -0.05) is 25.1 Å². The molecule has 0 spiro atoms. The number of rotatable bonds is 7. The highest BCUT2D eigenvalue weighted by Crippen LogP contribution is 2.37. The molecule has 1 N–H and O–H groups in total. The lowest BCUT2D eigenvalue weighted by Gasteiger charge is -2.21. The molecule has 0 saturated heterocycles. The van der Waals surface area contributed by atoms with Crippen molar-refractivity contribution in [2.24, 2.45) is 5.92 Å². The van der Waals surface area contributed by atoms with Gasteiger partial charge in [0.1, 0.15) is 19.3 Å². The van der Waals surface area contributed by atoms with Gasteiger partial charge in [0.25, 0.3) is 0 Å². The van der Waals surface area contributed by atoms with E-state index in [-0.39, 0.29) is 6.10 Å². The smallest absolute Gasteiger partial charge is 0.246 e. The highest BCUT2D eigenvalue weighted by atomic mass is 16.6. The third-order valence-electron chi connectivity index (χ3n) is 3.52. The molecule has 2 aromatic rings. The van der Waals surface area contributed by atoms with Crippen LogP contribution in [0.4, 0.5) is 5.69 Å². The summed E-state index contributed by atoms with van der Waals surface area (Å²) in [5, 5.41) is 7.24. The Hall–Kier alpha value is -2.28. The van der Waals surface area contributed by atoms with Crippen molar-refractivity contribution in [3.8, 4) is 11.5 Å². The van der Waals surface area contributed by atoms with E-state index in [1.807, 2.05) is 25.1 Å². The van der Waals surface area contributed by atoms with Gasteiger partial charge in [-0.05, 0) is 25.0 Å². The predicted octanol–water partition coefficient (Wildman–Crippen LogP) is 3.19. The molecule has 0 saturated carbocycles. The number of hydrogen-bond acceptors (Lipinski definition) is 7. The fraction of sp³-hybridized carbons (Fsp3) is 0.529. The van der Waals surface area contributed by atoms with E-state index in [0.29, 0.717) is 44.0 Å². The van der Waals surface area contributed by atoms with Crippen molar-refractivity contribution in [1.29, 1.82) is 0 Å². The third kappa shape index (κ3) is 3.97. The molecule has 0 radical (unpaired) electrons. The molecule has 1 aromatic carbocycles. The first-order valence-electron chi connectivity index (χ1n) is 8.20. The molecule has 3 rings (SSSR count). The first-order chi connectivity index (χ1) is 11.6. The van der Waals surface area contributed by atoms with E-state index in [0.717, 1.165) is 17.2 Å². The summed E-state index contributed by atoms with van der Waals surface area (Å²) < 4.78 is 22.2. The minimum absolute atomic E-state index is 0.189. The molecule has 1 aliphatic rings. The predicted molar refractivity (Wildman–Crippen MR) is 88.3 cm³/mol. The Kier molecular flexibility index (Phi) is 5.20.